The molecule has 0 radical (unpaired) electrons. The van der Waals surface area contributed by atoms with E-state index in [2.05, 4.69) is 34.4 Å². The van der Waals surface area contributed by atoms with Gasteiger partial charge in [-0.1, -0.05) is 85.6 Å². The summed E-state index contributed by atoms with van der Waals surface area (Å²) in [5.74, 6) is -3.47. The Labute approximate surface area is 280 Å². The molecule has 3 aliphatic rings. The predicted octanol–water partition coefficient (Wildman–Crippen LogP) is 3.93. The van der Waals surface area contributed by atoms with E-state index in [-0.39, 0.29) is 42.2 Å². The molecular formula is C35H48BrN3O7. The number of nitrogens with one attached hydrogen (secondary N) is 1. The van der Waals surface area contributed by atoms with E-state index in [1.54, 1.807) is 17.1 Å². The lowest BCUT2D eigenvalue weighted by Gasteiger charge is -2.40. The van der Waals surface area contributed by atoms with Crippen molar-refractivity contribution in [2.24, 2.45) is 17.8 Å². The number of carbonyl (C=O) groups is 4. The number of amides is 3. The summed E-state index contributed by atoms with van der Waals surface area (Å²) in [5.41, 5.74) is -0.521. The maximum Gasteiger partial charge on any atom is 0.306 e. The fourth-order valence-corrected chi connectivity index (χ4v) is 8.18. The van der Waals surface area contributed by atoms with Gasteiger partial charge in [-0.3, -0.25) is 19.2 Å². The summed E-state index contributed by atoms with van der Waals surface area (Å²) < 4.78 is 12.2. The van der Waals surface area contributed by atoms with Crippen LogP contribution >= 0.6 is 15.9 Å². The largest absolute Gasteiger partial charge is 0.463 e. The third-order valence-corrected chi connectivity index (χ3v) is 10.3. The van der Waals surface area contributed by atoms with Crippen molar-refractivity contribution < 1.29 is 33.8 Å². The van der Waals surface area contributed by atoms with Crippen molar-refractivity contribution in [1.29, 1.82) is 0 Å². The fraction of sp³-hybridized carbons (Fsp3) is 0.600. The molecule has 3 amide bonds. The van der Waals surface area contributed by atoms with Crippen LogP contribution in [0.2, 0.25) is 0 Å². The Bertz CT molecular complexity index is 1280. The van der Waals surface area contributed by atoms with E-state index in [0.29, 0.717) is 25.9 Å². The molecule has 3 fully saturated rings. The van der Waals surface area contributed by atoms with Crippen molar-refractivity contribution in [3.05, 3.63) is 61.2 Å². The van der Waals surface area contributed by atoms with E-state index in [1.807, 2.05) is 51.1 Å². The summed E-state index contributed by atoms with van der Waals surface area (Å²) in [5, 5.41) is 13.6. The second-order valence-corrected chi connectivity index (χ2v) is 14.0. The molecular weight excluding hydrogens is 654 g/mol. The van der Waals surface area contributed by atoms with E-state index in [0.717, 1.165) is 18.4 Å². The minimum absolute atomic E-state index is 0.0907. The smallest absolute Gasteiger partial charge is 0.306 e. The number of likely N-dealkylation sites (tertiary alicyclic amines) is 1. The zero-order valence-corrected chi connectivity index (χ0v) is 28.7. The number of hydrogen-bond acceptors (Lipinski definition) is 7. The number of rotatable bonds is 17. The van der Waals surface area contributed by atoms with Crippen molar-refractivity contribution >= 4 is 39.6 Å². The Hall–Kier alpha value is -3.02. The molecule has 0 aromatic heterocycles. The van der Waals surface area contributed by atoms with Crippen LogP contribution in [0.4, 0.5) is 0 Å². The zero-order valence-electron chi connectivity index (χ0n) is 27.1. The van der Waals surface area contributed by atoms with Crippen LogP contribution in [0.25, 0.3) is 0 Å². The molecule has 2 N–H and O–H groups in total. The Kier molecular flexibility index (Phi) is 12.2. The minimum atomic E-state index is -1.26. The summed E-state index contributed by atoms with van der Waals surface area (Å²) in [6.45, 7) is 13.7. The van der Waals surface area contributed by atoms with Crippen LogP contribution in [-0.4, -0.2) is 93.5 Å². The summed E-state index contributed by atoms with van der Waals surface area (Å²) >= 11 is 3.73. The first-order chi connectivity index (χ1) is 22.1. The highest BCUT2D eigenvalue weighted by atomic mass is 79.9. The molecule has 252 valence electrons. The number of alkyl halides is 1. The molecule has 1 aromatic rings. The number of ether oxygens (including phenoxy) is 2. The van der Waals surface area contributed by atoms with Gasteiger partial charge in [0.05, 0.1) is 36.6 Å². The first-order valence-corrected chi connectivity index (χ1v) is 17.2. The van der Waals surface area contributed by atoms with Crippen LogP contribution in [-0.2, 0) is 28.7 Å². The standard InChI is InChI=1S/C35H48BrN3O7/c1-6-9-16-27(41)45-21-25(23-14-12-11-13-15-23)37-32(42)28-29-33(43)39(26(20-40)22(4)5)31(35(29)19-24(36)30(28)46-35)34(44)38(17-8-3)18-10-7-2/h6,8,11-15,22,24-26,28-31,40H,1,3,7,9-10,16-21H2,2,4-5H3,(H,37,42)/t24?,25-,26+,28+,29-,30+,31+,35-/m1/s1. The number of unbranched alkanes of at least 4 members (excludes halogenated alkanes) is 1. The molecule has 1 aromatic carbocycles. The van der Waals surface area contributed by atoms with Crippen LogP contribution < -0.4 is 5.32 Å². The van der Waals surface area contributed by atoms with Gasteiger partial charge in [0, 0.05) is 24.3 Å². The summed E-state index contributed by atoms with van der Waals surface area (Å²) in [6.07, 6.45) is 5.32. The van der Waals surface area contributed by atoms with Crippen molar-refractivity contribution in [2.75, 3.05) is 26.3 Å². The van der Waals surface area contributed by atoms with Gasteiger partial charge in [0.1, 0.15) is 18.2 Å². The third kappa shape index (κ3) is 6.96. The summed E-state index contributed by atoms with van der Waals surface area (Å²) in [4.78, 5) is 58.6. The Morgan fingerprint density at radius 3 is 2.57 bits per heavy atom. The number of aliphatic hydroxyl groups excluding tert-OH is 1. The lowest BCUT2D eigenvalue weighted by molar-refractivity contribution is -0.152. The van der Waals surface area contributed by atoms with E-state index in [1.165, 1.54) is 4.90 Å². The van der Waals surface area contributed by atoms with Crippen molar-refractivity contribution in [3.8, 4) is 0 Å². The first kappa shape index (κ1) is 35.8. The van der Waals surface area contributed by atoms with Gasteiger partial charge in [-0.2, -0.15) is 0 Å². The average molecular weight is 703 g/mol. The highest BCUT2D eigenvalue weighted by Crippen LogP contribution is 2.60. The number of aliphatic hydroxyl groups is 1. The van der Waals surface area contributed by atoms with Gasteiger partial charge in [-0.25, -0.2) is 0 Å². The molecule has 4 rings (SSSR count). The third-order valence-electron chi connectivity index (χ3n) is 9.50. The van der Waals surface area contributed by atoms with Crippen LogP contribution in [0.1, 0.15) is 64.5 Å². The van der Waals surface area contributed by atoms with Crippen molar-refractivity contribution in [2.45, 2.75) is 87.5 Å². The zero-order chi connectivity index (χ0) is 33.6. The molecule has 3 heterocycles. The summed E-state index contributed by atoms with van der Waals surface area (Å²) in [7, 11) is 0. The topological polar surface area (TPSA) is 125 Å². The average Bonchev–Trinajstić information content (AvgIpc) is 3.63. The second-order valence-electron chi connectivity index (χ2n) is 12.8. The Morgan fingerprint density at radius 2 is 1.96 bits per heavy atom. The monoisotopic (exact) mass is 701 g/mol. The molecule has 0 aliphatic carbocycles. The number of halogens is 1. The first-order valence-electron chi connectivity index (χ1n) is 16.3. The molecule has 2 bridgehead atoms. The van der Waals surface area contributed by atoms with Crippen LogP contribution in [0.5, 0.6) is 0 Å². The molecule has 1 unspecified atom stereocenters. The van der Waals surface area contributed by atoms with Gasteiger partial charge in [0.2, 0.25) is 17.7 Å². The number of nitrogens with zero attached hydrogens (tertiary/aromatic N) is 2. The minimum Gasteiger partial charge on any atom is -0.463 e. The van der Waals surface area contributed by atoms with E-state index < -0.39 is 53.5 Å². The van der Waals surface area contributed by atoms with Crippen molar-refractivity contribution in [1.82, 2.24) is 15.1 Å². The highest BCUT2D eigenvalue weighted by molar-refractivity contribution is 9.09. The molecule has 11 heteroatoms. The van der Waals surface area contributed by atoms with E-state index in [9.17, 15) is 24.3 Å². The number of allylic oxidation sites excluding steroid dienone is 1. The molecule has 1 spiro atoms. The van der Waals surface area contributed by atoms with Crippen LogP contribution in [0.3, 0.4) is 0 Å². The van der Waals surface area contributed by atoms with Gasteiger partial charge in [0.25, 0.3) is 0 Å². The number of fused-ring (bicyclic) bond motifs is 1. The molecule has 3 saturated heterocycles. The SMILES string of the molecule is C=CCCC(=O)OC[C@@H](NC(=O)[C@@H]1[C@H]2O[C@@]3(CC2Br)[C@H](C(=O)N(CC=C)CCCC)N([C@@H](CO)C(C)C)C(=O)[C@@H]13)c1ccccc1. The summed E-state index contributed by atoms with van der Waals surface area (Å²) in [6, 6.07) is 6.86. The van der Waals surface area contributed by atoms with E-state index in [4.69, 9.17) is 9.47 Å². The van der Waals surface area contributed by atoms with Gasteiger partial charge in [-0.15, -0.1) is 13.2 Å². The molecule has 10 nitrogen and oxygen atoms in total. The van der Waals surface area contributed by atoms with Crippen LogP contribution in [0.15, 0.2) is 55.6 Å². The quantitative estimate of drug-likeness (QED) is 0.143. The number of carbonyl (C=O) groups excluding carboxylic acids is 4. The van der Waals surface area contributed by atoms with Crippen LogP contribution in [0, 0.1) is 17.8 Å². The fourth-order valence-electron chi connectivity index (χ4n) is 7.24. The Morgan fingerprint density at radius 1 is 1.24 bits per heavy atom. The van der Waals surface area contributed by atoms with Gasteiger partial charge >= 0.3 is 5.97 Å². The molecule has 0 saturated carbocycles. The van der Waals surface area contributed by atoms with E-state index >= 15 is 0 Å². The number of hydrogen-bond donors (Lipinski definition) is 2. The molecule has 8 atom stereocenters. The lowest BCUT2D eigenvalue weighted by Crippen LogP contribution is -2.60. The maximum absolute atomic E-state index is 14.5. The molecule has 3 aliphatic heterocycles. The normalized spacial score (nSPS) is 27.7. The number of esters is 1. The maximum atomic E-state index is 14.5. The Balaban J connectivity index is 1.70. The lowest BCUT2D eigenvalue weighted by atomic mass is 9.70. The van der Waals surface area contributed by atoms with Gasteiger partial charge < -0.3 is 29.7 Å². The highest BCUT2D eigenvalue weighted by Gasteiger charge is 2.77. The molecule has 46 heavy (non-hydrogen) atoms. The van der Waals surface area contributed by atoms with Gasteiger partial charge in [-0.05, 0) is 30.7 Å². The van der Waals surface area contributed by atoms with Gasteiger partial charge in [0.15, 0.2) is 0 Å². The second kappa shape index (κ2) is 15.7. The predicted molar refractivity (Wildman–Crippen MR) is 178 cm³/mol. The number of benzene rings is 1. The van der Waals surface area contributed by atoms with Crippen molar-refractivity contribution in [3.63, 3.8) is 0 Å².